The summed E-state index contributed by atoms with van der Waals surface area (Å²) < 4.78 is 10.7. The Morgan fingerprint density at radius 2 is 1.62 bits per heavy atom. The molecule has 0 aromatic heterocycles. The van der Waals surface area contributed by atoms with Gasteiger partial charge in [0, 0.05) is 14.1 Å². The Balaban J connectivity index is 1.93. The van der Waals surface area contributed by atoms with Crippen molar-refractivity contribution >= 4 is 17.8 Å². The molecule has 0 aliphatic rings. The first kappa shape index (κ1) is 19.0. The largest absolute Gasteiger partial charge is 0.456 e. The first-order chi connectivity index (χ1) is 12.5. The van der Waals surface area contributed by atoms with E-state index >= 15 is 0 Å². The van der Waals surface area contributed by atoms with E-state index in [1.165, 1.54) is 4.90 Å². The van der Waals surface area contributed by atoms with E-state index in [0.29, 0.717) is 11.5 Å². The summed E-state index contributed by atoms with van der Waals surface area (Å²) in [6.07, 6.45) is 0. The van der Waals surface area contributed by atoms with Gasteiger partial charge >= 0.3 is 5.97 Å². The zero-order valence-electron chi connectivity index (χ0n) is 14.6. The van der Waals surface area contributed by atoms with Gasteiger partial charge in [0.2, 0.25) is 5.91 Å². The Morgan fingerprint density at radius 1 is 0.962 bits per heavy atom. The van der Waals surface area contributed by atoms with Crippen molar-refractivity contribution in [1.82, 2.24) is 10.2 Å². The first-order valence-electron chi connectivity index (χ1n) is 7.93. The normalized spacial score (nSPS) is 9.92. The predicted molar refractivity (Wildman–Crippen MR) is 94.9 cm³/mol. The van der Waals surface area contributed by atoms with Crippen LogP contribution in [0.3, 0.4) is 0 Å². The zero-order valence-corrected chi connectivity index (χ0v) is 14.6. The molecule has 0 heterocycles. The molecule has 0 atom stereocenters. The highest BCUT2D eigenvalue weighted by atomic mass is 16.5. The number of nitrogens with zero attached hydrogens (tertiary/aromatic N) is 1. The zero-order chi connectivity index (χ0) is 18.9. The summed E-state index contributed by atoms with van der Waals surface area (Å²) in [4.78, 5) is 36.7. The lowest BCUT2D eigenvalue weighted by molar-refractivity contribution is -0.131. The molecule has 7 nitrogen and oxygen atoms in total. The number of carbonyl (C=O) groups excluding carboxylic acids is 3. The fourth-order valence-electron chi connectivity index (χ4n) is 1.93. The van der Waals surface area contributed by atoms with E-state index in [2.05, 4.69) is 5.32 Å². The second-order valence-corrected chi connectivity index (χ2v) is 5.55. The Hall–Kier alpha value is -3.35. The number of esters is 1. The average Bonchev–Trinajstić information content (AvgIpc) is 2.65. The van der Waals surface area contributed by atoms with Crippen molar-refractivity contribution in [2.45, 2.75) is 0 Å². The van der Waals surface area contributed by atoms with Gasteiger partial charge in [-0.2, -0.15) is 0 Å². The van der Waals surface area contributed by atoms with Crippen molar-refractivity contribution in [3.8, 4) is 11.5 Å². The van der Waals surface area contributed by atoms with E-state index < -0.39 is 18.5 Å². The molecule has 26 heavy (non-hydrogen) atoms. The number of likely N-dealkylation sites (N-methyl/N-ethyl adjacent to an activating group) is 1. The minimum absolute atomic E-state index is 0.156. The van der Waals surface area contributed by atoms with Gasteiger partial charge in [0.05, 0.1) is 6.54 Å². The Kier molecular flexibility index (Phi) is 6.73. The topological polar surface area (TPSA) is 84.9 Å². The highest BCUT2D eigenvalue weighted by molar-refractivity contribution is 5.94. The molecule has 0 bridgehead atoms. The third kappa shape index (κ3) is 5.62. The molecule has 7 heteroatoms. The fourth-order valence-corrected chi connectivity index (χ4v) is 1.93. The van der Waals surface area contributed by atoms with Crippen LogP contribution in [0.15, 0.2) is 54.6 Å². The Labute approximate surface area is 151 Å². The molecule has 0 radical (unpaired) electrons. The van der Waals surface area contributed by atoms with Crippen LogP contribution in [0.1, 0.15) is 10.4 Å². The Morgan fingerprint density at radius 3 is 2.31 bits per heavy atom. The average molecular weight is 356 g/mol. The number of para-hydroxylation sites is 2. The molecule has 0 saturated carbocycles. The summed E-state index contributed by atoms with van der Waals surface area (Å²) >= 11 is 0. The van der Waals surface area contributed by atoms with E-state index in [1.807, 2.05) is 18.2 Å². The van der Waals surface area contributed by atoms with Gasteiger partial charge in [-0.05, 0) is 24.3 Å². The molecular formula is C19H20N2O5. The molecule has 0 saturated heterocycles. The molecule has 1 N–H and O–H groups in total. The van der Waals surface area contributed by atoms with Crippen LogP contribution in [0, 0.1) is 0 Å². The second-order valence-electron chi connectivity index (χ2n) is 5.55. The van der Waals surface area contributed by atoms with Crippen LogP contribution in [-0.4, -0.2) is 49.9 Å². The SMILES string of the molecule is CN(C)C(=O)CNC(=O)COC(=O)c1ccccc1Oc1ccccc1. The van der Waals surface area contributed by atoms with Crippen molar-refractivity contribution in [2.75, 3.05) is 27.2 Å². The molecule has 0 unspecified atom stereocenters. The van der Waals surface area contributed by atoms with Gasteiger partial charge < -0.3 is 19.7 Å². The lowest BCUT2D eigenvalue weighted by Crippen LogP contribution is -2.38. The summed E-state index contributed by atoms with van der Waals surface area (Å²) in [5.41, 5.74) is 0.202. The molecule has 2 rings (SSSR count). The number of amides is 2. The summed E-state index contributed by atoms with van der Waals surface area (Å²) in [6, 6.07) is 15.6. The molecule has 0 aliphatic heterocycles. The summed E-state index contributed by atoms with van der Waals surface area (Å²) in [6.45, 7) is -0.643. The van der Waals surface area contributed by atoms with E-state index in [0.717, 1.165) is 0 Å². The number of rotatable bonds is 7. The number of ether oxygens (including phenoxy) is 2. The quantitative estimate of drug-likeness (QED) is 0.765. The van der Waals surface area contributed by atoms with Crippen molar-refractivity contribution in [3.63, 3.8) is 0 Å². The lowest BCUT2D eigenvalue weighted by atomic mass is 10.2. The maximum atomic E-state index is 12.2. The van der Waals surface area contributed by atoms with Crippen molar-refractivity contribution in [1.29, 1.82) is 0 Å². The van der Waals surface area contributed by atoms with E-state index in [1.54, 1.807) is 50.5 Å². The summed E-state index contributed by atoms with van der Waals surface area (Å²) in [7, 11) is 3.16. The van der Waals surface area contributed by atoms with Crippen LogP contribution < -0.4 is 10.1 Å². The molecule has 136 valence electrons. The van der Waals surface area contributed by atoms with Gasteiger partial charge in [0.1, 0.15) is 17.1 Å². The number of hydrogen-bond acceptors (Lipinski definition) is 5. The van der Waals surface area contributed by atoms with E-state index in [-0.39, 0.29) is 18.0 Å². The highest BCUT2D eigenvalue weighted by Crippen LogP contribution is 2.25. The molecule has 2 aromatic carbocycles. The van der Waals surface area contributed by atoms with Crippen LogP contribution in [-0.2, 0) is 14.3 Å². The van der Waals surface area contributed by atoms with Crippen LogP contribution in [0.25, 0.3) is 0 Å². The minimum Gasteiger partial charge on any atom is -0.456 e. The smallest absolute Gasteiger partial charge is 0.342 e. The van der Waals surface area contributed by atoms with Gasteiger partial charge in [-0.3, -0.25) is 9.59 Å². The van der Waals surface area contributed by atoms with Crippen molar-refractivity contribution < 1.29 is 23.9 Å². The number of benzene rings is 2. The van der Waals surface area contributed by atoms with Crippen LogP contribution in [0.5, 0.6) is 11.5 Å². The lowest BCUT2D eigenvalue weighted by Gasteiger charge is -2.12. The standard InChI is InChI=1S/C19H20N2O5/c1-21(2)18(23)12-20-17(22)13-25-19(24)15-10-6-7-11-16(15)26-14-8-4-3-5-9-14/h3-11H,12-13H2,1-2H3,(H,20,22). The third-order valence-corrected chi connectivity index (χ3v) is 3.35. The van der Waals surface area contributed by atoms with E-state index in [4.69, 9.17) is 9.47 Å². The number of nitrogens with one attached hydrogen (secondary N) is 1. The van der Waals surface area contributed by atoms with Crippen LogP contribution >= 0.6 is 0 Å². The second kappa shape index (κ2) is 9.22. The highest BCUT2D eigenvalue weighted by Gasteiger charge is 2.16. The predicted octanol–water partition coefficient (Wildman–Crippen LogP) is 1.84. The number of hydrogen-bond donors (Lipinski definition) is 1. The number of carbonyl (C=O) groups is 3. The maximum Gasteiger partial charge on any atom is 0.342 e. The maximum absolute atomic E-state index is 12.2. The monoisotopic (exact) mass is 356 g/mol. The van der Waals surface area contributed by atoms with Gasteiger partial charge in [-0.25, -0.2) is 4.79 Å². The van der Waals surface area contributed by atoms with Gasteiger partial charge in [-0.15, -0.1) is 0 Å². The van der Waals surface area contributed by atoms with Gasteiger partial charge in [0.15, 0.2) is 6.61 Å². The molecule has 0 aliphatic carbocycles. The molecule has 2 aromatic rings. The Bertz CT molecular complexity index is 775. The third-order valence-electron chi connectivity index (χ3n) is 3.35. The molecule has 2 amide bonds. The minimum atomic E-state index is -0.689. The van der Waals surface area contributed by atoms with Crippen molar-refractivity contribution in [2.24, 2.45) is 0 Å². The fraction of sp³-hybridized carbons (Fsp3) is 0.211. The summed E-state index contributed by atoms with van der Waals surface area (Å²) in [5.74, 6) is -0.605. The van der Waals surface area contributed by atoms with Crippen molar-refractivity contribution in [3.05, 3.63) is 60.2 Å². The van der Waals surface area contributed by atoms with Crippen LogP contribution in [0.4, 0.5) is 0 Å². The van der Waals surface area contributed by atoms with Gasteiger partial charge in [0.25, 0.3) is 5.91 Å². The molecule has 0 spiro atoms. The molecular weight excluding hydrogens is 336 g/mol. The molecule has 0 fully saturated rings. The van der Waals surface area contributed by atoms with Gasteiger partial charge in [-0.1, -0.05) is 30.3 Å². The first-order valence-corrected chi connectivity index (χ1v) is 7.93. The summed E-state index contributed by atoms with van der Waals surface area (Å²) in [5, 5.41) is 2.39. The van der Waals surface area contributed by atoms with Crippen LogP contribution in [0.2, 0.25) is 0 Å². The van der Waals surface area contributed by atoms with E-state index in [9.17, 15) is 14.4 Å².